The Hall–Kier alpha value is -1.96. The van der Waals surface area contributed by atoms with E-state index in [0.29, 0.717) is 18.7 Å². The molecular weight excluding hydrogens is 354 g/mol. The number of piperidine rings is 1. The average molecular weight is 380 g/mol. The molecule has 1 aromatic heterocycles. The van der Waals surface area contributed by atoms with Gasteiger partial charge in [0, 0.05) is 24.6 Å². The second kappa shape index (κ2) is 9.12. The highest BCUT2D eigenvalue weighted by Crippen LogP contribution is 2.28. The first-order valence-electron chi connectivity index (χ1n) is 8.57. The summed E-state index contributed by atoms with van der Waals surface area (Å²) in [5.41, 5.74) is 2.51. The van der Waals surface area contributed by atoms with E-state index in [9.17, 15) is 4.79 Å². The average Bonchev–Trinajstić information content (AvgIpc) is 3.15. The van der Waals surface area contributed by atoms with Crippen molar-refractivity contribution in [2.75, 3.05) is 33.4 Å². The van der Waals surface area contributed by atoms with Gasteiger partial charge in [-0.2, -0.15) is 5.10 Å². The van der Waals surface area contributed by atoms with Gasteiger partial charge in [0.2, 0.25) is 0 Å². The van der Waals surface area contributed by atoms with Gasteiger partial charge in [-0.25, -0.2) is 9.67 Å². The molecule has 1 aliphatic heterocycles. The largest absolute Gasteiger partial charge is 0.384 e. The number of ether oxygens (including phenoxy) is 1. The van der Waals surface area contributed by atoms with Gasteiger partial charge in [-0.05, 0) is 56.6 Å². The van der Waals surface area contributed by atoms with Crippen LogP contribution in [0.1, 0.15) is 28.8 Å². The highest BCUT2D eigenvalue weighted by molar-refractivity contribution is 5.95. The van der Waals surface area contributed by atoms with Crippen LogP contribution in [-0.2, 0) is 4.74 Å². The molecule has 3 rings (SSSR count). The van der Waals surface area contributed by atoms with Crippen molar-refractivity contribution in [3.05, 3.63) is 42.0 Å². The fourth-order valence-electron chi connectivity index (χ4n) is 3.39. The molecule has 0 bridgehead atoms. The van der Waals surface area contributed by atoms with Crippen molar-refractivity contribution < 1.29 is 9.53 Å². The molecule has 1 aromatic carbocycles. The Kier molecular flexibility index (Phi) is 7.14. The number of nitrogens with zero attached hydrogens (tertiary/aromatic N) is 3. The van der Waals surface area contributed by atoms with Gasteiger partial charge in [-0.3, -0.25) is 4.79 Å². The Bertz CT molecular complexity index is 709. The number of aryl methyl sites for hydroxylation is 1. The normalized spacial score (nSPS) is 15.9. The fourth-order valence-corrected chi connectivity index (χ4v) is 3.39. The lowest BCUT2D eigenvalue weighted by molar-refractivity contribution is 0.0511. The third-order valence-corrected chi connectivity index (χ3v) is 4.88. The Balaban J connectivity index is 0.00000243. The van der Waals surface area contributed by atoms with Crippen molar-refractivity contribution in [3.8, 4) is 5.69 Å². The molecule has 0 aliphatic carbocycles. The van der Waals surface area contributed by atoms with Gasteiger partial charge in [0.25, 0.3) is 5.91 Å². The lowest BCUT2D eigenvalue weighted by Gasteiger charge is -2.37. The number of aromatic nitrogens is 3. The summed E-state index contributed by atoms with van der Waals surface area (Å²) in [7, 11) is 1.72. The maximum absolute atomic E-state index is 12.7. The van der Waals surface area contributed by atoms with Crippen LogP contribution in [0.15, 0.2) is 30.9 Å². The predicted octanol–water partition coefficient (Wildman–Crippen LogP) is 1.74. The summed E-state index contributed by atoms with van der Waals surface area (Å²) >= 11 is 0. The van der Waals surface area contributed by atoms with Crippen LogP contribution >= 0.6 is 12.4 Å². The maximum Gasteiger partial charge on any atom is 0.251 e. The summed E-state index contributed by atoms with van der Waals surface area (Å²) in [6, 6.07) is 5.66. The molecule has 0 saturated carbocycles. The zero-order valence-corrected chi connectivity index (χ0v) is 16.0. The first-order valence-corrected chi connectivity index (χ1v) is 8.57. The van der Waals surface area contributed by atoms with Crippen LogP contribution in [0.2, 0.25) is 0 Å². The SMILES string of the molecule is COCC1(CNC(=O)c2ccc(-n3cncn3)cc2C)CCNCC1.Cl. The maximum atomic E-state index is 12.7. The molecule has 1 amide bonds. The van der Waals surface area contributed by atoms with Crippen LogP contribution in [0, 0.1) is 12.3 Å². The zero-order valence-electron chi connectivity index (χ0n) is 15.2. The number of hydrogen-bond donors (Lipinski definition) is 2. The van der Waals surface area contributed by atoms with Gasteiger partial charge in [-0.15, -0.1) is 12.4 Å². The van der Waals surface area contributed by atoms with E-state index >= 15 is 0 Å². The molecule has 142 valence electrons. The van der Waals surface area contributed by atoms with Crippen molar-refractivity contribution in [2.24, 2.45) is 5.41 Å². The van der Waals surface area contributed by atoms with Gasteiger partial charge < -0.3 is 15.4 Å². The van der Waals surface area contributed by atoms with Crippen LogP contribution in [-0.4, -0.2) is 54.0 Å². The standard InChI is InChI=1S/C18H25N5O2.ClH/c1-14-9-15(23-13-20-12-22-23)3-4-16(14)17(24)21-10-18(11-25-2)5-7-19-8-6-18;/h3-4,9,12-13,19H,5-8,10-11H2,1-2H3,(H,21,24);1H. The lowest BCUT2D eigenvalue weighted by Crippen LogP contribution is -2.47. The Morgan fingerprint density at radius 3 is 2.77 bits per heavy atom. The first-order chi connectivity index (χ1) is 12.1. The van der Waals surface area contributed by atoms with Crippen molar-refractivity contribution in [1.29, 1.82) is 0 Å². The monoisotopic (exact) mass is 379 g/mol. The second-order valence-corrected chi connectivity index (χ2v) is 6.70. The first kappa shape index (κ1) is 20.4. The van der Waals surface area contributed by atoms with E-state index in [0.717, 1.165) is 37.2 Å². The topological polar surface area (TPSA) is 81.1 Å². The number of benzene rings is 1. The molecule has 0 unspecified atom stereocenters. The summed E-state index contributed by atoms with van der Waals surface area (Å²) in [6.07, 6.45) is 5.14. The van der Waals surface area contributed by atoms with E-state index in [1.54, 1.807) is 18.1 Å². The Labute approximate surface area is 159 Å². The Morgan fingerprint density at radius 2 is 2.15 bits per heavy atom. The zero-order chi connectivity index (χ0) is 17.7. The molecule has 0 atom stereocenters. The van der Waals surface area contributed by atoms with Crippen molar-refractivity contribution in [3.63, 3.8) is 0 Å². The molecule has 1 aliphatic rings. The third kappa shape index (κ3) is 4.60. The number of carbonyl (C=O) groups is 1. The minimum atomic E-state index is -0.0448. The van der Waals surface area contributed by atoms with E-state index in [4.69, 9.17) is 4.74 Å². The number of carbonyl (C=O) groups excluding carboxylic acids is 1. The second-order valence-electron chi connectivity index (χ2n) is 6.70. The van der Waals surface area contributed by atoms with E-state index in [1.165, 1.54) is 6.33 Å². The van der Waals surface area contributed by atoms with Crippen molar-refractivity contribution in [2.45, 2.75) is 19.8 Å². The van der Waals surface area contributed by atoms with Crippen LogP contribution in [0.25, 0.3) is 5.69 Å². The van der Waals surface area contributed by atoms with Gasteiger partial charge in [0.1, 0.15) is 12.7 Å². The summed E-state index contributed by atoms with van der Waals surface area (Å²) in [5, 5.41) is 10.6. The number of halogens is 1. The highest BCUT2D eigenvalue weighted by Gasteiger charge is 2.32. The number of hydrogen-bond acceptors (Lipinski definition) is 5. The number of amides is 1. The molecule has 0 spiro atoms. The van der Waals surface area contributed by atoms with E-state index in [-0.39, 0.29) is 23.7 Å². The van der Waals surface area contributed by atoms with Gasteiger partial charge in [-0.1, -0.05) is 0 Å². The minimum Gasteiger partial charge on any atom is -0.384 e. The molecule has 2 heterocycles. The van der Waals surface area contributed by atoms with E-state index in [2.05, 4.69) is 20.7 Å². The van der Waals surface area contributed by atoms with E-state index in [1.807, 2.05) is 25.1 Å². The smallest absolute Gasteiger partial charge is 0.251 e. The van der Waals surface area contributed by atoms with Crippen LogP contribution < -0.4 is 10.6 Å². The number of methoxy groups -OCH3 is 1. The molecule has 2 N–H and O–H groups in total. The molecule has 0 radical (unpaired) electrons. The summed E-state index contributed by atoms with van der Waals surface area (Å²) in [5.74, 6) is -0.0448. The molecule has 1 saturated heterocycles. The highest BCUT2D eigenvalue weighted by atomic mass is 35.5. The van der Waals surface area contributed by atoms with E-state index < -0.39 is 0 Å². The van der Waals surface area contributed by atoms with Crippen molar-refractivity contribution >= 4 is 18.3 Å². The Morgan fingerprint density at radius 1 is 1.38 bits per heavy atom. The minimum absolute atomic E-state index is 0. The molecule has 26 heavy (non-hydrogen) atoms. The summed E-state index contributed by atoms with van der Waals surface area (Å²) in [4.78, 5) is 16.6. The van der Waals surface area contributed by atoms with Gasteiger partial charge in [0.05, 0.1) is 12.3 Å². The number of nitrogens with one attached hydrogen (secondary N) is 2. The molecule has 8 heteroatoms. The predicted molar refractivity (Wildman–Crippen MR) is 102 cm³/mol. The summed E-state index contributed by atoms with van der Waals surface area (Å²) in [6.45, 7) is 5.16. The lowest BCUT2D eigenvalue weighted by atomic mass is 9.79. The summed E-state index contributed by atoms with van der Waals surface area (Å²) < 4.78 is 7.09. The molecule has 7 nitrogen and oxygen atoms in total. The van der Waals surface area contributed by atoms with Gasteiger partial charge >= 0.3 is 0 Å². The quantitative estimate of drug-likeness (QED) is 0.799. The third-order valence-electron chi connectivity index (χ3n) is 4.88. The van der Waals surface area contributed by atoms with Crippen LogP contribution in [0.4, 0.5) is 0 Å². The van der Waals surface area contributed by atoms with Gasteiger partial charge in [0.15, 0.2) is 0 Å². The molecule has 2 aromatic rings. The molecular formula is C18H26ClN5O2. The van der Waals surface area contributed by atoms with Crippen LogP contribution in [0.3, 0.4) is 0 Å². The fraction of sp³-hybridized carbons (Fsp3) is 0.500. The van der Waals surface area contributed by atoms with Crippen molar-refractivity contribution in [1.82, 2.24) is 25.4 Å². The number of rotatable bonds is 6. The van der Waals surface area contributed by atoms with Crippen LogP contribution in [0.5, 0.6) is 0 Å². The molecule has 1 fully saturated rings.